The van der Waals surface area contributed by atoms with Crippen molar-refractivity contribution in [3.63, 3.8) is 0 Å². The summed E-state index contributed by atoms with van der Waals surface area (Å²) >= 11 is 0. The van der Waals surface area contributed by atoms with E-state index in [1.54, 1.807) is 48.5 Å². The zero-order valence-electron chi connectivity index (χ0n) is 20.5. The van der Waals surface area contributed by atoms with Crippen molar-refractivity contribution in [1.82, 2.24) is 10.2 Å². The Kier molecular flexibility index (Phi) is 9.36. The number of carbonyl (C=O) groups is 1. The number of hydrogen-bond donors (Lipinski definition) is 1. The van der Waals surface area contributed by atoms with Gasteiger partial charge in [0.15, 0.2) is 0 Å². The first-order valence-corrected chi connectivity index (χ1v) is 13.5. The van der Waals surface area contributed by atoms with Crippen molar-refractivity contribution in [2.45, 2.75) is 56.9 Å². The van der Waals surface area contributed by atoms with Gasteiger partial charge in [0.2, 0.25) is 5.91 Å². The number of benzene rings is 2. The van der Waals surface area contributed by atoms with Gasteiger partial charge in [-0.3, -0.25) is 9.10 Å². The van der Waals surface area contributed by atoms with Crippen LogP contribution in [0.2, 0.25) is 0 Å². The standard InChI is InChI=1S/C26H37N3O4S/c1-4-22-10-7-8-18-28(22)19-9-17-27-26(30)20-29(24-11-5-6-12-25(24)33-3)34(31,32)23-15-13-21(2)14-16-23/h5-6,11-16,22H,4,7-10,17-20H2,1-3H3,(H,27,30). The molecule has 0 aliphatic carbocycles. The van der Waals surface area contributed by atoms with E-state index in [9.17, 15) is 13.2 Å². The quantitative estimate of drug-likeness (QED) is 0.485. The zero-order valence-corrected chi connectivity index (χ0v) is 21.3. The Labute approximate surface area is 204 Å². The van der Waals surface area contributed by atoms with Crippen LogP contribution in [0.15, 0.2) is 53.4 Å². The molecular weight excluding hydrogens is 450 g/mol. The molecule has 1 fully saturated rings. The molecule has 1 saturated heterocycles. The minimum atomic E-state index is -3.97. The van der Waals surface area contributed by atoms with Crippen molar-refractivity contribution in [2.24, 2.45) is 0 Å². The van der Waals surface area contributed by atoms with E-state index in [1.165, 1.54) is 26.4 Å². The third kappa shape index (κ3) is 6.51. The second kappa shape index (κ2) is 12.2. The number of amides is 1. The lowest BCUT2D eigenvalue weighted by Crippen LogP contribution is -2.43. The number of para-hydroxylation sites is 2. The Bertz CT molecular complexity index is 1040. The van der Waals surface area contributed by atoms with Crippen LogP contribution in [0.3, 0.4) is 0 Å². The predicted octanol–water partition coefficient (Wildman–Crippen LogP) is 3.97. The zero-order chi connectivity index (χ0) is 24.6. The van der Waals surface area contributed by atoms with Crippen molar-refractivity contribution < 1.29 is 17.9 Å². The van der Waals surface area contributed by atoms with Gasteiger partial charge >= 0.3 is 0 Å². The summed E-state index contributed by atoms with van der Waals surface area (Å²) < 4.78 is 33.6. The topological polar surface area (TPSA) is 79.0 Å². The Morgan fingerprint density at radius 1 is 1.15 bits per heavy atom. The second-order valence-electron chi connectivity index (χ2n) is 8.79. The summed E-state index contributed by atoms with van der Waals surface area (Å²) in [7, 11) is -2.49. The number of anilines is 1. The molecule has 1 aliphatic heterocycles. The second-order valence-corrected chi connectivity index (χ2v) is 10.7. The highest BCUT2D eigenvalue weighted by Gasteiger charge is 2.29. The van der Waals surface area contributed by atoms with Crippen LogP contribution in [0, 0.1) is 6.92 Å². The van der Waals surface area contributed by atoms with Crippen LogP contribution in [-0.4, -0.2) is 58.6 Å². The van der Waals surface area contributed by atoms with Crippen LogP contribution in [-0.2, 0) is 14.8 Å². The molecular formula is C26H37N3O4S. The lowest BCUT2D eigenvalue weighted by atomic mass is 10.00. The van der Waals surface area contributed by atoms with Crippen LogP contribution in [0.25, 0.3) is 0 Å². The Hall–Kier alpha value is -2.58. The largest absolute Gasteiger partial charge is 0.495 e. The first-order valence-electron chi connectivity index (χ1n) is 12.1. The molecule has 0 radical (unpaired) electrons. The van der Waals surface area contributed by atoms with Gasteiger partial charge in [-0.2, -0.15) is 0 Å². The molecule has 1 N–H and O–H groups in total. The third-order valence-electron chi connectivity index (χ3n) is 6.41. The minimum Gasteiger partial charge on any atom is -0.495 e. The Morgan fingerprint density at radius 2 is 1.88 bits per heavy atom. The molecule has 1 heterocycles. The summed E-state index contributed by atoms with van der Waals surface area (Å²) in [5.41, 5.74) is 1.29. The van der Waals surface area contributed by atoms with Crippen LogP contribution in [0.1, 0.15) is 44.6 Å². The molecule has 0 spiro atoms. The van der Waals surface area contributed by atoms with Crippen molar-refractivity contribution >= 4 is 21.6 Å². The molecule has 0 bridgehead atoms. The fraction of sp³-hybridized carbons (Fsp3) is 0.500. The first-order chi connectivity index (χ1) is 16.4. The van der Waals surface area contributed by atoms with E-state index in [-0.39, 0.29) is 17.3 Å². The van der Waals surface area contributed by atoms with Crippen LogP contribution < -0.4 is 14.4 Å². The molecule has 0 aromatic heterocycles. The number of likely N-dealkylation sites (tertiary alicyclic amines) is 1. The number of nitrogens with zero attached hydrogens (tertiary/aromatic N) is 2. The third-order valence-corrected chi connectivity index (χ3v) is 8.19. The fourth-order valence-electron chi connectivity index (χ4n) is 4.49. The van der Waals surface area contributed by atoms with Crippen molar-refractivity contribution in [3.8, 4) is 5.75 Å². The number of methoxy groups -OCH3 is 1. The van der Waals surface area contributed by atoms with Gasteiger partial charge in [-0.1, -0.05) is 43.2 Å². The number of aryl methyl sites for hydroxylation is 1. The molecule has 8 heteroatoms. The van der Waals surface area contributed by atoms with Gasteiger partial charge < -0.3 is 15.0 Å². The van der Waals surface area contributed by atoms with E-state index < -0.39 is 10.0 Å². The maximum absolute atomic E-state index is 13.5. The van der Waals surface area contributed by atoms with Gasteiger partial charge in [-0.15, -0.1) is 0 Å². The Balaban J connectivity index is 1.70. The van der Waals surface area contributed by atoms with E-state index in [2.05, 4.69) is 17.1 Å². The molecule has 1 atom stereocenters. The van der Waals surface area contributed by atoms with Crippen LogP contribution in [0.5, 0.6) is 5.75 Å². The van der Waals surface area contributed by atoms with Gasteiger partial charge in [-0.25, -0.2) is 8.42 Å². The SMILES string of the molecule is CCC1CCCCN1CCCNC(=O)CN(c1ccccc1OC)S(=O)(=O)c1ccc(C)cc1. The van der Waals surface area contributed by atoms with E-state index in [4.69, 9.17) is 4.74 Å². The summed E-state index contributed by atoms with van der Waals surface area (Å²) in [6.45, 7) is 6.37. The summed E-state index contributed by atoms with van der Waals surface area (Å²) in [6, 6.07) is 14.1. The van der Waals surface area contributed by atoms with Gasteiger partial charge in [0, 0.05) is 19.1 Å². The maximum Gasteiger partial charge on any atom is 0.264 e. The number of ether oxygens (including phenoxy) is 1. The van der Waals surface area contributed by atoms with Gasteiger partial charge in [0.1, 0.15) is 12.3 Å². The number of carbonyl (C=O) groups excluding carboxylic acids is 1. The van der Waals surface area contributed by atoms with Crippen LogP contribution >= 0.6 is 0 Å². The molecule has 2 aromatic rings. The summed E-state index contributed by atoms with van der Waals surface area (Å²) in [4.78, 5) is 15.5. The highest BCUT2D eigenvalue weighted by atomic mass is 32.2. The van der Waals surface area contributed by atoms with Crippen molar-refractivity contribution in [2.75, 3.05) is 37.6 Å². The average molecular weight is 488 g/mol. The number of hydrogen-bond acceptors (Lipinski definition) is 5. The van der Waals surface area contributed by atoms with Crippen molar-refractivity contribution in [3.05, 3.63) is 54.1 Å². The van der Waals surface area contributed by atoms with Gasteiger partial charge in [0.25, 0.3) is 10.0 Å². The first kappa shape index (κ1) is 26.0. The number of sulfonamides is 1. The van der Waals surface area contributed by atoms with Gasteiger partial charge in [-0.05, 0) is 63.4 Å². The smallest absolute Gasteiger partial charge is 0.264 e. The molecule has 0 saturated carbocycles. The molecule has 34 heavy (non-hydrogen) atoms. The summed E-state index contributed by atoms with van der Waals surface area (Å²) in [5, 5.41) is 2.91. The fourth-order valence-corrected chi connectivity index (χ4v) is 5.92. The molecule has 7 nitrogen and oxygen atoms in total. The summed E-state index contributed by atoms with van der Waals surface area (Å²) in [5.74, 6) is 0.0500. The van der Waals surface area contributed by atoms with E-state index >= 15 is 0 Å². The number of rotatable bonds is 11. The molecule has 1 amide bonds. The normalized spacial score (nSPS) is 16.7. The maximum atomic E-state index is 13.5. The summed E-state index contributed by atoms with van der Waals surface area (Å²) in [6.07, 6.45) is 5.75. The van der Waals surface area contributed by atoms with E-state index in [0.717, 1.165) is 35.8 Å². The highest BCUT2D eigenvalue weighted by molar-refractivity contribution is 7.92. The molecule has 2 aromatic carbocycles. The van der Waals surface area contributed by atoms with Crippen molar-refractivity contribution in [1.29, 1.82) is 0 Å². The lowest BCUT2D eigenvalue weighted by molar-refractivity contribution is -0.119. The van der Waals surface area contributed by atoms with Crippen LogP contribution in [0.4, 0.5) is 5.69 Å². The number of nitrogens with one attached hydrogen (secondary N) is 1. The molecule has 1 aliphatic rings. The molecule has 1 unspecified atom stereocenters. The predicted molar refractivity (Wildman–Crippen MR) is 136 cm³/mol. The van der Waals surface area contributed by atoms with E-state index in [1.807, 2.05) is 6.92 Å². The number of piperidine rings is 1. The lowest BCUT2D eigenvalue weighted by Gasteiger charge is -2.35. The monoisotopic (exact) mass is 487 g/mol. The molecule has 3 rings (SSSR count). The Morgan fingerprint density at radius 3 is 2.59 bits per heavy atom. The van der Waals surface area contributed by atoms with Gasteiger partial charge in [0.05, 0.1) is 17.7 Å². The highest BCUT2D eigenvalue weighted by Crippen LogP contribution is 2.32. The minimum absolute atomic E-state index is 0.132. The average Bonchev–Trinajstić information content (AvgIpc) is 2.85. The molecule has 186 valence electrons. The van der Waals surface area contributed by atoms with E-state index in [0.29, 0.717) is 24.0 Å².